The van der Waals surface area contributed by atoms with E-state index < -0.39 is 0 Å². The van der Waals surface area contributed by atoms with Crippen LogP contribution in [0.5, 0.6) is 0 Å². The molecule has 1 rings (SSSR count). The minimum Gasteiger partial charge on any atom is -0.383 e. The van der Waals surface area contributed by atoms with Crippen LogP contribution in [0.1, 0.15) is 11.1 Å². The summed E-state index contributed by atoms with van der Waals surface area (Å²) >= 11 is 0. The topological polar surface area (TPSA) is 48.3 Å². The van der Waals surface area contributed by atoms with Crippen molar-refractivity contribution >= 4 is 5.69 Å². The van der Waals surface area contributed by atoms with E-state index in [1.165, 1.54) is 0 Å². The van der Waals surface area contributed by atoms with Crippen LogP contribution < -0.4 is 5.32 Å². The first-order valence-corrected chi connectivity index (χ1v) is 6.09. The van der Waals surface area contributed by atoms with Crippen LogP contribution in [-0.2, 0) is 4.74 Å². The average Bonchev–Trinajstić information content (AvgIpc) is 2.37. The van der Waals surface area contributed by atoms with Gasteiger partial charge in [-0.3, -0.25) is 0 Å². The summed E-state index contributed by atoms with van der Waals surface area (Å²) in [5, 5.41) is 12.3. The van der Waals surface area contributed by atoms with Crippen molar-refractivity contribution in [2.75, 3.05) is 45.7 Å². The molecule has 1 N–H and O–H groups in total. The van der Waals surface area contributed by atoms with Crippen LogP contribution in [0.4, 0.5) is 5.69 Å². The molecule has 0 bridgehead atoms. The van der Waals surface area contributed by atoms with E-state index in [1.54, 1.807) is 7.11 Å². The molecule has 0 aromatic heterocycles. The van der Waals surface area contributed by atoms with E-state index in [2.05, 4.69) is 23.3 Å². The number of nitrogens with one attached hydrogen (secondary N) is 1. The highest BCUT2D eigenvalue weighted by atomic mass is 16.5. The van der Waals surface area contributed by atoms with Crippen molar-refractivity contribution in [3.05, 3.63) is 29.3 Å². The van der Waals surface area contributed by atoms with Crippen LogP contribution >= 0.6 is 0 Å². The lowest BCUT2D eigenvalue weighted by Gasteiger charge is -2.17. The molecule has 4 nitrogen and oxygen atoms in total. The van der Waals surface area contributed by atoms with Gasteiger partial charge in [-0.05, 0) is 31.7 Å². The summed E-state index contributed by atoms with van der Waals surface area (Å²) in [6.07, 6.45) is 0. The van der Waals surface area contributed by atoms with Crippen molar-refractivity contribution in [2.45, 2.75) is 6.92 Å². The molecular weight excluding hydrogens is 226 g/mol. The smallest absolute Gasteiger partial charge is 0.101 e. The zero-order chi connectivity index (χ0) is 13.4. The van der Waals surface area contributed by atoms with Gasteiger partial charge in [0.15, 0.2) is 0 Å². The van der Waals surface area contributed by atoms with Crippen LogP contribution in [0, 0.1) is 18.3 Å². The predicted octanol–water partition coefficient (Wildman–Crippen LogP) is 1.86. The molecule has 4 heteroatoms. The molecule has 0 atom stereocenters. The fraction of sp³-hybridized carbons (Fsp3) is 0.500. The van der Waals surface area contributed by atoms with Gasteiger partial charge < -0.3 is 15.0 Å². The number of hydrogen-bond donors (Lipinski definition) is 1. The van der Waals surface area contributed by atoms with Crippen molar-refractivity contribution in [3.8, 4) is 6.07 Å². The number of rotatable bonds is 7. The maximum Gasteiger partial charge on any atom is 0.101 e. The van der Waals surface area contributed by atoms with Crippen LogP contribution in [0.25, 0.3) is 0 Å². The van der Waals surface area contributed by atoms with Gasteiger partial charge in [0.2, 0.25) is 0 Å². The normalized spacial score (nSPS) is 10.4. The van der Waals surface area contributed by atoms with Gasteiger partial charge in [-0.2, -0.15) is 5.26 Å². The number of benzene rings is 1. The summed E-state index contributed by atoms with van der Waals surface area (Å²) in [7, 11) is 3.76. The van der Waals surface area contributed by atoms with Crippen molar-refractivity contribution < 1.29 is 4.74 Å². The van der Waals surface area contributed by atoms with Gasteiger partial charge in [0.25, 0.3) is 0 Å². The third-order valence-corrected chi connectivity index (χ3v) is 2.78. The molecule has 98 valence electrons. The molecule has 1 aromatic rings. The zero-order valence-electron chi connectivity index (χ0n) is 11.4. The van der Waals surface area contributed by atoms with E-state index in [0.29, 0.717) is 5.56 Å². The number of nitriles is 1. The summed E-state index contributed by atoms with van der Waals surface area (Å²) < 4.78 is 5.02. The second-order valence-corrected chi connectivity index (χ2v) is 4.38. The highest BCUT2D eigenvalue weighted by molar-refractivity contribution is 5.58. The molecule has 0 radical (unpaired) electrons. The molecular formula is C14H21N3O. The quantitative estimate of drug-likeness (QED) is 0.799. The molecule has 18 heavy (non-hydrogen) atoms. The Bertz CT molecular complexity index is 412. The number of anilines is 1. The summed E-state index contributed by atoms with van der Waals surface area (Å²) in [5.41, 5.74) is 2.71. The number of nitrogens with zero attached hydrogens (tertiary/aromatic N) is 2. The van der Waals surface area contributed by atoms with Crippen LogP contribution in [-0.4, -0.2) is 45.3 Å². The van der Waals surface area contributed by atoms with Gasteiger partial charge in [-0.25, -0.2) is 0 Å². The Hall–Kier alpha value is -1.57. The average molecular weight is 247 g/mol. The Kier molecular flexibility index (Phi) is 6.20. The molecule has 0 spiro atoms. The number of ether oxygens (including phenoxy) is 1. The fourth-order valence-electron chi connectivity index (χ4n) is 1.65. The predicted molar refractivity (Wildman–Crippen MR) is 73.8 cm³/mol. The first-order valence-electron chi connectivity index (χ1n) is 6.09. The van der Waals surface area contributed by atoms with Gasteiger partial charge in [0.05, 0.1) is 17.9 Å². The second kappa shape index (κ2) is 7.70. The van der Waals surface area contributed by atoms with Crippen molar-refractivity contribution in [3.63, 3.8) is 0 Å². The third-order valence-electron chi connectivity index (χ3n) is 2.78. The maximum atomic E-state index is 9.05. The fourth-order valence-corrected chi connectivity index (χ4v) is 1.65. The third kappa shape index (κ3) is 4.74. The highest BCUT2D eigenvalue weighted by Gasteiger charge is 2.02. The summed E-state index contributed by atoms with van der Waals surface area (Å²) in [5.74, 6) is 0. The highest BCUT2D eigenvalue weighted by Crippen LogP contribution is 2.15. The van der Waals surface area contributed by atoms with Gasteiger partial charge in [-0.1, -0.05) is 6.07 Å². The molecule has 0 aliphatic carbocycles. The number of methoxy groups -OCH3 is 1. The van der Waals surface area contributed by atoms with Gasteiger partial charge in [0, 0.05) is 26.7 Å². The summed E-state index contributed by atoms with van der Waals surface area (Å²) in [4.78, 5) is 2.19. The Morgan fingerprint density at radius 1 is 1.39 bits per heavy atom. The van der Waals surface area contributed by atoms with E-state index in [-0.39, 0.29) is 0 Å². The van der Waals surface area contributed by atoms with E-state index in [1.807, 2.05) is 25.1 Å². The molecule has 0 heterocycles. The minimum atomic E-state index is 0.703. The SMILES string of the molecule is COCCN(C)CCNc1ccc(C)cc1C#N. The number of likely N-dealkylation sites (N-methyl/N-ethyl adjacent to an activating group) is 1. The Balaban J connectivity index is 2.42. The molecule has 0 saturated carbocycles. The zero-order valence-corrected chi connectivity index (χ0v) is 11.4. The first-order chi connectivity index (χ1) is 8.67. The molecule has 0 aliphatic heterocycles. The van der Waals surface area contributed by atoms with E-state index in [9.17, 15) is 0 Å². The minimum absolute atomic E-state index is 0.703. The van der Waals surface area contributed by atoms with E-state index in [4.69, 9.17) is 10.00 Å². The maximum absolute atomic E-state index is 9.05. The van der Waals surface area contributed by atoms with Gasteiger partial charge in [0.1, 0.15) is 6.07 Å². The lowest BCUT2D eigenvalue weighted by atomic mass is 10.1. The summed E-state index contributed by atoms with van der Waals surface area (Å²) in [6, 6.07) is 8.09. The molecule has 0 fully saturated rings. The Morgan fingerprint density at radius 3 is 2.83 bits per heavy atom. The molecule has 0 saturated heterocycles. The summed E-state index contributed by atoms with van der Waals surface area (Å²) in [6.45, 7) is 5.38. The lowest BCUT2D eigenvalue weighted by molar-refractivity contribution is 0.163. The van der Waals surface area contributed by atoms with Crippen LogP contribution in [0.3, 0.4) is 0 Å². The van der Waals surface area contributed by atoms with Gasteiger partial charge >= 0.3 is 0 Å². The Labute approximate surface area is 109 Å². The molecule has 0 aliphatic rings. The van der Waals surface area contributed by atoms with E-state index >= 15 is 0 Å². The van der Waals surface area contributed by atoms with Crippen molar-refractivity contribution in [2.24, 2.45) is 0 Å². The van der Waals surface area contributed by atoms with Crippen LogP contribution in [0.2, 0.25) is 0 Å². The monoisotopic (exact) mass is 247 g/mol. The van der Waals surface area contributed by atoms with Crippen molar-refractivity contribution in [1.82, 2.24) is 4.90 Å². The second-order valence-electron chi connectivity index (χ2n) is 4.38. The first kappa shape index (κ1) is 14.5. The Morgan fingerprint density at radius 2 is 2.17 bits per heavy atom. The molecule has 0 amide bonds. The number of hydrogen-bond acceptors (Lipinski definition) is 4. The number of aryl methyl sites for hydroxylation is 1. The van der Waals surface area contributed by atoms with E-state index in [0.717, 1.165) is 37.5 Å². The van der Waals surface area contributed by atoms with Gasteiger partial charge in [-0.15, -0.1) is 0 Å². The lowest BCUT2D eigenvalue weighted by Crippen LogP contribution is -2.28. The molecule has 1 aromatic carbocycles. The van der Waals surface area contributed by atoms with Crippen LogP contribution in [0.15, 0.2) is 18.2 Å². The standard InChI is InChI=1S/C14H21N3O/c1-12-4-5-14(13(10-12)11-15)16-6-7-17(2)8-9-18-3/h4-5,10,16H,6-9H2,1-3H3. The largest absolute Gasteiger partial charge is 0.383 e. The van der Waals surface area contributed by atoms with Crippen molar-refractivity contribution in [1.29, 1.82) is 5.26 Å². The molecule has 0 unspecified atom stereocenters.